The highest BCUT2D eigenvalue weighted by atomic mass is 16.4. The fraction of sp³-hybridized carbons (Fsp3) is 0.556. The largest absolute Gasteiger partial charge is 0.440 e. The van der Waals surface area contributed by atoms with Gasteiger partial charge in [0.2, 0.25) is 11.8 Å². The molecule has 1 saturated carbocycles. The van der Waals surface area contributed by atoms with Crippen molar-refractivity contribution in [1.82, 2.24) is 15.2 Å². The first-order chi connectivity index (χ1) is 11.2. The van der Waals surface area contributed by atoms with Gasteiger partial charge in [-0.3, -0.25) is 4.79 Å². The molecule has 1 aromatic heterocycles. The summed E-state index contributed by atoms with van der Waals surface area (Å²) in [7, 11) is 0. The van der Waals surface area contributed by atoms with Gasteiger partial charge in [-0.05, 0) is 57.8 Å². The summed E-state index contributed by atoms with van der Waals surface area (Å²) in [6, 6.07) is 7.84. The van der Waals surface area contributed by atoms with Crippen LogP contribution in [-0.4, -0.2) is 41.5 Å². The van der Waals surface area contributed by atoms with Crippen LogP contribution in [0.3, 0.4) is 0 Å². The number of oxazole rings is 1. The van der Waals surface area contributed by atoms with Crippen molar-refractivity contribution in [3.8, 4) is 0 Å². The Bertz CT molecular complexity index is 681. The molecule has 0 bridgehead atoms. The molecule has 2 fully saturated rings. The molecule has 4 rings (SSSR count). The van der Waals surface area contributed by atoms with E-state index in [2.05, 4.69) is 22.1 Å². The van der Waals surface area contributed by atoms with Gasteiger partial charge in [-0.1, -0.05) is 12.1 Å². The molecule has 1 aliphatic heterocycles. The molecule has 1 N–H and O–H groups in total. The molecule has 0 radical (unpaired) electrons. The topological polar surface area (TPSA) is 58.4 Å². The summed E-state index contributed by atoms with van der Waals surface area (Å²) in [6.45, 7) is 5.31. The van der Waals surface area contributed by atoms with Gasteiger partial charge in [0.15, 0.2) is 5.58 Å². The lowest BCUT2D eigenvalue weighted by atomic mass is 10.1. The molecule has 5 heteroatoms. The van der Waals surface area contributed by atoms with Gasteiger partial charge >= 0.3 is 0 Å². The smallest absolute Gasteiger partial charge is 0.235 e. The Hall–Kier alpha value is -1.88. The summed E-state index contributed by atoms with van der Waals surface area (Å²) < 4.78 is 5.85. The van der Waals surface area contributed by atoms with Crippen LogP contribution in [0.2, 0.25) is 0 Å². The lowest BCUT2D eigenvalue weighted by molar-refractivity contribution is -0.124. The van der Waals surface area contributed by atoms with Gasteiger partial charge in [0.1, 0.15) is 10.9 Å². The Morgan fingerprint density at radius 3 is 2.78 bits per heavy atom. The molecule has 122 valence electrons. The highest BCUT2D eigenvalue weighted by molar-refractivity contribution is 5.91. The SMILES string of the molecule is CC(CN1CCCC1)NC(=O)C1(c2nc3ccccc3o2)CC1. The average Bonchev–Trinajstić information content (AvgIpc) is 2.99. The van der Waals surface area contributed by atoms with E-state index in [-0.39, 0.29) is 11.9 Å². The summed E-state index contributed by atoms with van der Waals surface area (Å²) in [5.74, 6) is 0.639. The van der Waals surface area contributed by atoms with Crippen LogP contribution < -0.4 is 5.32 Å². The molecular weight excluding hydrogens is 290 g/mol. The minimum atomic E-state index is -0.543. The lowest BCUT2D eigenvalue weighted by Crippen LogP contribution is -2.45. The molecule has 1 amide bonds. The third-order valence-electron chi connectivity index (χ3n) is 5.00. The van der Waals surface area contributed by atoms with Gasteiger partial charge in [-0.15, -0.1) is 0 Å². The number of carbonyl (C=O) groups excluding carboxylic acids is 1. The highest BCUT2D eigenvalue weighted by Gasteiger charge is 2.55. The number of hydrogen-bond donors (Lipinski definition) is 1. The van der Waals surface area contributed by atoms with Crippen molar-refractivity contribution in [2.45, 2.75) is 44.1 Å². The maximum Gasteiger partial charge on any atom is 0.235 e. The van der Waals surface area contributed by atoms with Gasteiger partial charge in [0.05, 0.1) is 0 Å². The van der Waals surface area contributed by atoms with E-state index in [9.17, 15) is 4.79 Å². The molecule has 2 aliphatic rings. The number of aromatic nitrogens is 1. The van der Waals surface area contributed by atoms with Gasteiger partial charge in [-0.2, -0.15) is 0 Å². The fourth-order valence-electron chi connectivity index (χ4n) is 3.50. The highest BCUT2D eigenvalue weighted by Crippen LogP contribution is 2.48. The Kier molecular flexibility index (Phi) is 3.60. The van der Waals surface area contributed by atoms with Crippen molar-refractivity contribution < 1.29 is 9.21 Å². The van der Waals surface area contributed by atoms with Gasteiger partial charge in [0.25, 0.3) is 0 Å². The normalized spacial score (nSPS) is 21.4. The third kappa shape index (κ3) is 2.74. The van der Waals surface area contributed by atoms with Crippen molar-refractivity contribution in [3.63, 3.8) is 0 Å². The molecule has 5 nitrogen and oxygen atoms in total. The van der Waals surface area contributed by atoms with Crippen molar-refractivity contribution in [2.75, 3.05) is 19.6 Å². The summed E-state index contributed by atoms with van der Waals surface area (Å²) >= 11 is 0. The molecule has 1 unspecified atom stereocenters. The van der Waals surface area contributed by atoms with E-state index in [1.165, 1.54) is 12.8 Å². The van der Waals surface area contributed by atoms with E-state index >= 15 is 0 Å². The number of nitrogens with zero attached hydrogens (tertiary/aromatic N) is 2. The summed E-state index contributed by atoms with van der Waals surface area (Å²) in [6.07, 6.45) is 4.19. The molecule has 0 spiro atoms. The molecule has 1 aliphatic carbocycles. The fourth-order valence-corrected chi connectivity index (χ4v) is 3.50. The van der Waals surface area contributed by atoms with Crippen molar-refractivity contribution >= 4 is 17.0 Å². The first kappa shape index (κ1) is 14.7. The van der Waals surface area contributed by atoms with Gasteiger partial charge in [0, 0.05) is 12.6 Å². The zero-order chi connectivity index (χ0) is 15.9. The second kappa shape index (κ2) is 5.64. The van der Waals surface area contributed by atoms with Crippen LogP contribution in [0.4, 0.5) is 0 Å². The average molecular weight is 313 g/mol. The molecule has 1 atom stereocenters. The van der Waals surface area contributed by atoms with E-state index in [1.807, 2.05) is 24.3 Å². The summed E-state index contributed by atoms with van der Waals surface area (Å²) in [5, 5.41) is 3.17. The van der Waals surface area contributed by atoms with Gasteiger partial charge in [-0.25, -0.2) is 4.98 Å². The molecule has 23 heavy (non-hydrogen) atoms. The van der Waals surface area contributed by atoms with E-state index in [0.717, 1.165) is 43.6 Å². The molecule has 1 saturated heterocycles. The van der Waals surface area contributed by atoms with Crippen molar-refractivity contribution in [2.24, 2.45) is 0 Å². The number of amides is 1. The van der Waals surface area contributed by atoms with Crippen LogP contribution >= 0.6 is 0 Å². The molecule has 2 aromatic rings. The Balaban J connectivity index is 1.46. The maximum absolute atomic E-state index is 12.8. The van der Waals surface area contributed by atoms with Gasteiger partial charge < -0.3 is 14.6 Å². The molecule has 1 aromatic carbocycles. The van der Waals surface area contributed by atoms with E-state index in [0.29, 0.717) is 5.89 Å². The first-order valence-corrected chi connectivity index (χ1v) is 8.57. The predicted molar refractivity (Wildman–Crippen MR) is 88.2 cm³/mol. The first-order valence-electron chi connectivity index (χ1n) is 8.57. The number of likely N-dealkylation sites (tertiary alicyclic amines) is 1. The number of nitrogens with one attached hydrogen (secondary N) is 1. The predicted octanol–water partition coefficient (Wildman–Crippen LogP) is 2.46. The zero-order valence-corrected chi connectivity index (χ0v) is 13.5. The summed E-state index contributed by atoms with van der Waals surface area (Å²) in [4.78, 5) is 19.7. The second-order valence-corrected chi connectivity index (χ2v) is 6.95. The Labute approximate surface area is 136 Å². The van der Waals surface area contributed by atoms with E-state index in [4.69, 9.17) is 4.42 Å². The minimum Gasteiger partial charge on any atom is -0.440 e. The van der Waals surface area contributed by atoms with Crippen LogP contribution in [0.25, 0.3) is 11.1 Å². The standard InChI is InChI=1S/C18H23N3O2/c1-13(12-21-10-4-5-11-21)19-16(22)18(8-9-18)17-20-14-6-2-3-7-15(14)23-17/h2-3,6-7,13H,4-5,8-12H2,1H3,(H,19,22). The number of hydrogen-bond acceptors (Lipinski definition) is 4. The van der Waals surface area contributed by atoms with Crippen molar-refractivity contribution in [1.29, 1.82) is 0 Å². The third-order valence-corrected chi connectivity index (χ3v) is 5.00. The number of benzene rings is 1. The quantitative estimate of drug-likeness (QED) is 0.921. The number of fused-ring (bicyclic) bond motifs is 1. The Morgan fingerprint density at radius 1 is 1.35 bits per heavy atom. The minimum absolute atomic E-state index is 0.0655. The zero-order valence-electron chi connectivity index (χ0n) is 13.5. The van der Waals surface area contributed by atoms with Crippen LogP contribution in [0.5, 0.6) is 0 Å². The van der Waals surface area contributed by atoms with Crippen LogP contribution in [0, 0.1) is 0 Å². The van der Waals surface area contributed by atoms with E-state index in [1.54, 1.807) is 0 Å². The van der Waals surface area contributed by atoms with Crippen molar-refractivity contribution in [3.05, 3.63) is 30.2 Å². The maximum atomic E-state index is 12.8. The number of carbonyl (C=O) groups is 1. The monoisotopic (exact) mass is 313 g/mol. The van der Waals surface area contributed by atoms with Crippen LogP contribution in [0.15, 0.2) is 28.7 Å². The Morgan fingerprint density at radius 2 is 2.09 bits per heavy atom. The summed E-state index contributed by atoms with van der Waals surface area (Å²) in [5.41, 5.74) is 1.04. The second-order valence-electron chi connectivity index (χ2n) is 6.95. The van der Waals surface area contributed by atoms with Crippen LogP contribution in [0.1, 0.15) is 38.5 Å². The number of rotatable bonds is 5. The number of para-hydroxylation sites is 2. The lowest BCUT2D eigenvalue weighted by Gasteiger charge is -2.22. The molecule has 2 heterocycles. The van der Waals surface area contributed by atoms with E-state index < -0.39 is 5.41 Å². The molecular formula is C18H23N3O2. The van der Waals surface area contributed by atoms with Crippen LogP contribution in [-0.2, 0) is 10.2 Å².